The Morgan fingerprint density at radius 3 is 2.57 bits per heavy atom. The minimum Gasteiger partial charge on any atom is -0.487 e. The summed E-state index contributed by atoms with van der Waals surface area (Å²) in [5.74, 6) is 0.0962. The number of fused-ring (bicyclic) bond motifs is 1. The van der Waals surface area contributed by atoms with Gasteiger partial charge in [-0.3, -0.25) is 9.69 Å². The number of benzene rings is 1. The largest absolute Gasteiger partial charge is 0.487 e. The number of piperidine rings is 1. The molecule has 10 heteroatoms. The summed E-state index contributed by atoms with van der Waals surface area (Å²) in [6.07, 6.45) is 3.01. The summed E-state index contributed by atoms with van der Waals surface area (Å²) in [5, 5.41) is 0. The molecule has 3 fully saturated rings. The van der Waals surface area contributed by atoms with E-state index in [1.807, 2.05) is 4.90 Å². The van der Waals surface area contributed by atoms with Gasteiger partial charge in [-0.1, -0.05) is 0 Å². The lowest BCUT2D eigenvalue weighted by Crippen LogP contribution is -2.47. The summed E-state index contributed by atoms with van der Waals surface area (Å²) in [5.41, 5.74) is 2.91. The van der Waals surface area contributed by atoms with Gasteiger partial charge in [-0.25, -0.2) is 18.7 Å². The van der Waals surface area contributed by atoms with Crippen LogP contribution in [-0.2, 0) is 22.5 Å². The van der Waals surface area contributed by atoms with Crippen LogP contribution in [0.1, 0.15) is 49.2 Å². The van der Waals surface area contributed by atoms with Gasteiger partial charge in [0.2, 0.25) is 5.91 Å². The van der Waals surface area contributed by atoms with E-state index in [0.29, 0.717) is 38.4 Å². The van der Waals surface area contributed by atoms with Crippen LogP contribution in [0.4, 0.5) is 14.6 Å². The van der Waals surface area contributed by atoms with E-state index in [9.17, 15) is 13.6 Å². The number of hydrogen-bond donors (Lipinski definition) is 0. The van der Waals surface area contributed by atoms with E-state index in [1.54, 1.807) is 6.92 Å². The molecule has 0 saturated carbocycles. The Morgan fingerprint density at radius 2 is 1.86 bits per heavy atom. The van der Waals surface area contributed by atoms with E-state index in [4.69, 9.17) is 19.4 Å². The van der Waals surface area contributed by atoms with Gasteiger partial charge in [-0.15, -0.1) is 0 Å². The van der Waals surface area contributed by atoms with E-state index >= 15 is 0 Å². The Bertz CT molecular complexity index is 1170. The van der Waals surface area contributed by atoms with Crippen molar-refractivity contribution in [2.45, 2.75) is 57.2 Å². The molecule has 4 aliphatic rings. The molecule has 2 aromatic rings. The zero-order valence-corrected chi connectivity index (χ0v) is 21.2. The third-order valence-corrected chi connectivity index (χ3v) is 8.14. The Kier molecular flexibility index (Phi) is 6.71. The van der Waals surface area contributed by atoms with Crippen molar-refractivity contribution in [3.05, 3.63) is 46.9 Å². The maximum absolute atomic E-state index is 14.1. The van der Waals surface area contributed by atoms with Crippen LogP contribution in [-0.4, -0.2) is 83.8 Å². The van der Waals surface area contributed by atoms with Gasteiger partial charge in [0, 0.05) is 64.3 Å². The average Bonchev–Trinajstić information content (AvgIpc) is 3.33. The molecule has 0 aliphatic carbocycles. The lowest BCUT2D eigenvalue weighted by molar-refractivity contribution is -0.129. The number of likely N-dealkylation sites (tertiary alicyclic amines) is 1. The number of hydrogen-bond acceptors (Lipinski definition) is 7. The summed E-state index contributed by atoms with van der Waals surface area (Å²) in [4.78, 5) is 29.0. The molecule has 1 unspecified atom stereocenters. The molecule has 1 amide bonds. The number of aromatic nitrogens is 2. The molecule has 0 spiro atoms. The molecule has 8 nitrogen and oxygen atoms in total. The van der Waals surface area contributed by atoms with Gasteiger partial charge < -0.3 is 19.3 Å². The second kappa shape index (κ2) is 10.1. The van der Waals surface area contributed by atoms with Crippen molar-refractivity contribution in [1.82, 2.24) is 19.8 Å². The lowest BCUT2D eigenvalue weighted by atomic mass is 10.0. The highest BCUT2D eigenvalue weighted by molar-refractivity contribution is 5.73. The van der Waals surface area contributed by atoms with Crippen molar-refractivity contribution in [2.75, 3.05) is 50.8 Å². The molecule has 0 bridgehead atoms. The minimum absolute atomic E-state index is 0.0646. The van der Waals surface area contributed by atoms with E-state index < -0.39 is 11.6 Å². The molecule has 3 saturated heterocycles. The number of carbonyl (C=O) groups is 1. The molecule has 198 valence electrons. The fraction of sp³-hybridized carbons (Fsp3) is 0.593. The summed E-state index contributed by atoms with van der Waals surface area (Å²) in [6, 6.07) is 3.92. The number of carbonyl (C=O) groups excluding carboxylic acids is 1. The van der Waals surface area contributed by atoms with E-state index in [2.05, 4.69) is 9.80 Å². The highest BCUT2D eigenvalue weighted by Gasteiger charge is 2.37. The van der Waals surface area contributed by atoms with Crippen molar-refractivity contribution >= 4 is 11.7 Å². The predicted octanol–water partition coefficient (Wildman–Crippen LogP) is 2.90. The van der Waals surface area contributed by atoms with Crippen LogP contribution in [0.3, 0.4) is 0 Å². The van der Waals surface area contributed by atoms with Gasteiger partial charge in [0.25, 0.3) is 0 Å². The van der Waals surface area contributed by atoms with Crippen molar-refractivity contribution in [3.8, 4) is 5.75 Å². The fourth-order valence-electron chi connectivity index (χ4n) is 5.82. The molecule has 5 heterocycles. The smallest absolute Gasteiger partial charge is 0.219 e. The van der Waals surface area contributed by atoms with Crippen LogP contribution in [0, 0.1) is 11.6 Å². The molecule has 1 aromatic carbocycles. The third kappa shape index (κ3) is 5.01. The number of anilines is 1. The van der Waals surface area contributed by atoms with Crippen LogP contribution in [0.15, 0.2) is 18.2 Å². The van der Waals surface area contributed by atoms with Crippen LogP contribution < -0.4 is 9.64 Å². The average molecular weight is 514 g/mol. The lowest BCUT2D eigenvalue weighted by Gasteiger charge is -2.36. The molecule has 6 rings (SSSR count). The summed E-state index contributed by atoms with van der Waals surface area (Å²) in [7, 11) is 0. The van der Waals surface area contributed by atoms with Crippen molar-refractivity contribution in [2.24, 2.45) is 0 Å². The molecule has 1 aromatic heterocycles. The second-order valence-electron chi connectivity index (χ2n) is 10.6. The van der Waals surface area contributed by atoms with E-state index in [0.717, 1.165) is 74.8 Å². The van der Waals surface area contributed by atoms with Gasteiger partial charge in [-0.2, -0.15) is 0 Å². The third-order valence-electron chi connectivity index (χ3n) is 8.14. The van der Waals surface area contributed by atoms with Crippen LogP contribution in [0.5, 0.6) is 5.75 Å². The number of halogens is 2. The molecule has 4 aliphatic heterocycles. The zero-order valence-electron chi connectivity index (χ0n) is 21.2. The number of ether oxygens (including phenoxy) is 2. The first kappa shape index (κ1) is 24.5. The maximum Gasteiger partial charge on any atom is 0.219 e. The van der Waals surface area contributed by atoms with Crippen molar-refractivity contribution in [3.63, 3.8) is 0 Å². The molecule has 1 atom stereocenters. The standard InChI is InChI=1S/C27H33F2N5O3/c1-17(35)33-11-7-23-24(14-33)30-26(18-4-8-34(13-18)20-15-36-16-20)27(31-23)32-9-5-21(6-10-32)37-25-3-2-19(28)12-22(25)29/h2-3,12,18,20-21H,4-11,13-16H2,1H3. The molecular weight excluding hydrogens is 480 g/mol. The first-order valence-corrected chi connectivity index (χ1v) is 13.3. The van der Waals surface area contributed by atoms with Crippen LogP contribution >= 0.6 is 0 Å². The Labute approximate surface area is 215 Å². The van der Waals surface area contributed by atoms with Gasteiger partial charge in [0.15, 0.2) is 17.4 Å². The second-order valence-corrected chi connectivity index (χ2v) is 10.6. The van der Waals surface area contributed by atoms with E-state index in [1.165, 1.54) is 12.1 Å². The monoisotopic (exact) mass is 513 g/mol. The first-order valence-electron chi connectivity index (χ1n) is 13.3. The highest BCUT2D eigenvalue weighted by Crippen LogP contribution is 2.36. The normalized spacial score (nSPS) is 23.2. The molecule has 0 radical (unpaired) electrons. The van der Waals surface area contributed by atoms with Gasteiger partial charge in [0.1, 0.15) is 11.9 Å². The fourth-order valence-corrected chi connectivity index (χ4v) is 5.82. The number of amides is 1. The number of nitrogens with zero attached hydrogens (tertiary/aromatic N) is 5. The minimum atomic E-state index is -0.674. The van der Waals surface area contributed by atoms with Gasteiger partial charge >= 0.3 is 0 Å². The zero-order chi connectivity index (χ0) is 25.5. The maximum atomic E-state index is 14.1. The molecule has 37 heavy (non-hydrogen) atoms. The Hall–Kier alpha value is -2.85. The van der Waals surface area contributed by atoms with Gasteiger partial charge in [0.05, 0.1) is 42.9 Å². The Balaban J connectivity index is 1.21. The summed E-state index contributed by atoms with van der Waals surface area (Å²) < 4.78 is 38.7. The Morgan fingerprint density at radius 1 is 1.05 bits per heavy atom. The SMILES string of the molecule is CC(=O)N1CCc2nc(N3CCC(Oc4ccc(F)cc4F)CC3)c(C3CCN(C4COC4)C3)nc2C1. The molecule has 0 N–H and O–H groups in total. The quantitative estimate of drug-likeness (QED) is 0.609. The van der Waals surface area contributed by atoms with E-state index in [-0.39, 0.29) is 23.7 Å². The van der Waals surface area contributed by atoms with Crippen molar-refractivity contribution < 1.29 is 23.0 Å². The molecular formula is C27H33F2N5O3. The highest BCUT2D eigenvalue weighted by atomic mass is 19.1. The summed E-state index contributed by atoms with van der Waals surface area (Å²) >= 11 is 0. The van der Waals surface area contributed by atoms with Crippen molar-refractivity contribution in [1.29, 1.82) is 0 Å². The topological polar surface area (TPSA) is 71.0 Å². The number of rotatable bonds is 5. The first-order chi connectivity index (χ1) is 17.9. The van der Waals surface area contributed by atoms with Crippen LogP contribution in [0.25, 0.3) is 0 Å². The van der Waals surface area contributed by atoms with Crippen LogP contribution in [0.2, 0.25) is 0 Å². The predicted molar refractivity (Wildman–Crippen MR) is 133 cm³/mol. The summed E-state index contributed by atoms with van der Waals surface area (Å²) in [6.45, 7) is 7.78. The van der Waals surface area contributed by atoms with Gasteiger partial charge in [-0.05, 0) is 25.1 Å².